The van der Waals surface area contributed by atoms with Gasteiger partial charge in [0.1, 0.15) is 0 Å². The van der Waals surface area contributed by atoms with E-state index in [9.17, 15) is 0 Å². The van der Waals surface area contributed by atoms with Gasteiger partial charge in [-0.05, 0) is 0 Å². The summed E-state index contributed by atoms with van der Waals surface area (Å²) in [6, 6.07) is 7.20. The molecule has 70 valence electrons. The van der Waals surface area contributed by atoms with E-state index in [0.29, 0.717) is 10.4 Å². The van der Waals surface area contributed by atoms with Crippen molar-refractivity contribution in [1.82, 2.24) is 4.98 Å². The molecule has 3 nitrogen and oxygen atoms in total. The molecule has 0 bridgehead atoms. The highest BCUT2D eigenvalue weighted by Gasteiger charge is 2.17. The Balaban J connectivity index is 2.82. The van der Waals surface area contributed by atoms with Crippen LogP contribution in [0.1, 0.15) is 0 Å². The first-order valence-corrected chi connectivity index (χ1v) is 4.47. The van der Waals surface area contributed by atoms with E-state index in [1.54, 1.807) is 12.1 Å². The van der Waals surface area contributed by atoms with Crippen LogP contribution in [0.3, 0.4) is 0 Å². The van der Waals surface area contributed by atoms with Gasteiger partial charge in [0.15, 0.2) is 0 Å². The molecule has 2 rings (SSSR count). The van der Waals surface area contributed by atoms with Crippen molar-refractivity contribution in [2.24, 2.45) is 0 Å². The van der Waals surface area contributed by atoms with E-state index in [1.165, 1.54) is 6.20 Å². The van der Waals surface area contributed by atoms with Crippen molar-refractivity contribution >= 4 is 35.1 Å². The van der Waals surface area contributed by atoms with E-state index in [4.69, 9.17) is 21.6 Å². The Morgan fingerprint density at radius 3 is 2.43 bits per heavy atom. The number of benzene rings is 1. The van der Waals surface area contributed by atoms with E-state index in [1.807, 2.05) is 12.1 Å². The van der Waals surface area contributed by atoms with Crippen molar-refractivity contribution in [2.75, 3.05) is 0 Å². The molecule has 5 heteroatoms. The lowest BCUT2D eigenvalue weighted by atomic mass is 9.82. The molecule has 2 aromatic rings. The van der Waals surface area contributed by atoms with Gasteiger partial charge in [-0.25, -0.2) is 0 Å². The van der Waals surface area contributed by atoms with Gasteiger partial charge in [-0.1, -0.05) is 35.9 Å². The molecule has 2 N–H and O–H groups in total. The van der Waals surface area contributed by atoms with Crippen molar-refractivity contribution in [2.45, 2.75) is 0 Å². The lowest BCUT2D eigenvalue weighted by Crippen LogP contribution is -2.33. The summed E-state index contributed by atoms with van der Waals surface area (Å²) in [5.41, 5.74) is 0.227. The molecule has 0 aliphatic heterocycles. The van der Waals surface area contributed by atoms with E-state index >= 15 is 0 Å². The van der Waals surface area contributed by atoms with Gasteiger partial charge in [0.05, 0.1) is 10.6 Å². The van der Waals surface area contributed by atoms with Crippen LogP contribution in [0.15, 0.2) is 30.5 Å². The van der Waals surface area contributed by atoms with E-state index in [2.05, 4.69) is 4.98 Å². The fourth-order valence-corrected chi connectivity index (χ4v) is 1.60. The molecule has 0 unspecified atom stereocenters. The van der Waals surface area contributed by atoms with Crippen molar-refractivity contribution in [3.8, 4) is 0 Å². The molecule has 0 spiro atoms. The Morgan fingerprint density at radius 1 is 1.14 bits per heavy atom. The highest BCUT2D eigenvalue weighted by atomic mass is 35.5. The van der Waals surface area contributed by atoms with Crippen molar-refractivity contribution < 1.29 is 10.0 Å². The first-order chi connectivity index (χ1) is 6.70. The zero-order valence-electron chi connectivity index (χ0n) is 7.18. The zero-order chi connectivity index (χ0) is 10.1. The van der Waals surface area contributed by atoms with Gasteiger partial charge in [0, 0.05) is 17.0 Å². The van der Waals surface area contributed by atoms with Crippen LogP contribution in [-0.2, 0) is 0 Å². The predicted octanol–water partition coefficient (Wildman–Crippen LogP) is 0.568. The largest absolute Gasteiger partial charge is 0.508 e. The Labute approximate surface area is 86.1 Å². The molecule has 0 atom stereocenters. The van der Waals surface area contributed by atoms with Crippen LogP contribution in [0.25, 0.3) is 10.8 Å². The van der Waals surface area contributed by atoms with Crippen LogP contribution in [0, 0.1) is 0 Å². The molecule has 1 heterocycles. The number of fused-ring (bicyclic) bond motifs is 1. The molecule has 0 fully saturated rings. The Hall–Kier alpha value is -1.10. The smallest absolute Gasteiger partial charge is 0.422 e. The highest BCUT2D eigenvalue weighted by Crippen LogP contribution is 2.20. The summed E-state index contributed by atoms with van der Waals surface area (Å²) in [5, 5.41) is 20.1. The summed E-state index contributed by atoms with van der Waals surface area (Å²) >= 11 is 5.91. The minimum atomic E-state index is -1.57. The summed E-state index contributed by atoms with van der Waals surface area (Å²) < 4.78 is 0. The average Bonchev–Trinajstić information content (AvgIpc) is 2.18. The molecular formula is C9H7BClNO2. The second kappa shape index (κ2) is 3.57. The highest BCUT2D eigenvalue weighted by molar-refractivity contribution is 6.61. The van der Waals surface area contributed by atoms with Crippen LogP contribution in [0.2, 0.25) is 5.02 Å². The first-order valence-electron chi connectivity index (χ1n) is 4.09. The third-order valence-electron chi connectivity index (χ3n) is 2.02. The molecule has 1 aromatic heterocycles. The Kier molecular flexibility index (Phi) is 2.41. The maximum atomic E-state index is 9.06. The molecule has 0 aliphatic rings. The maximum Gasteiger partial charge on any atom is 0.508 e. The van der Waals surface area contributed by atoms with Crippen LogP contribution >= 0.6 is 11.6 Å². The molecule has 0 saturated heterocycles. The van der Waals surface area contributed by atoms with Crippen molar-refractivity contribution in [3.63, 3.8) is 0 Å². The van der Waals surface area contributed by atoms with Gasteiger partial charge in [-0.3, -0.25) is 4.98 Å². The summed E-state index contributed by atoms with van der Waals surface area (Å²) in [5.74, 6) is 0. The van der Waals surface area contributed by atoms with E-state index < -0.39 is 7.12 Å². The summed E-state index contributed by atoms with van der Waals surface area (Å²) in [7, 11) is -1.57. The summed E-state index contributed by atoms with van der Waals surface area (Å²) in [4.78, 5) is 3.87. The number of halogens is 1. The van der Waals surface area contributed by atoms with Crippen LogP contribution in [0.4, 0.5) is 0 Å². The standard InChI is InChI=1S/C9H7BClNO2/c11-8-5-12-9(10(13)14)7-4-2-1-3-6(7)8/h1-5,13-14H. The molecule has 0 amide bonds. The SMILES string of the molecule is OB(O)c1ncc(Cl)c2ccccc12. The van der Waals surface area contributed by atoms with Gasteiger partial charge in [0.25, 0.3) is 0 Å². The fraction of sp³-hybridized carbons (Fsp3) is 0. The third kappa shape index (κ3) is 1.48. The zero-order valence-corrected chi connectivity index (χ0v) is 7.94. The van der Waals surface area contributed by atoms with Gasteiger partial charge in [0.2, 0.25) is 0 Å². The van der Waals surface area contributed by atoms with Crippen LogP contribution < -0.4 is 5.59 Å². The maximum absolute atomic E-state index is 9.06. The van der Waals surface area contributed by atoms with Gasteiger partial charge in [-0.15, -0.1) is 0 Å². The van der Waals surface area contributed by atoms with Crippen molar-refractivity contribution in [1.29, 1.82) is 0 Å². The second-order valence-electron chi connectivity index (χ2n) is 2.91. The number of hydrogen-bond donors (Lipinski definition) is 2. The number of rotatable bonds is 1. The fourth-order valence-electron chi connectivity index (χ4n) is 1.39. The average molecular weight is 207 g/mol. The molecule has 1 aromatic carbocycles. The monoisotopic (exact) mass is 207 g/mol. The molecule has 14 heavy (non-hydrogen) atoms. The quantitative estimate of drug-likeness (QED) is 0.672. The second-order valence-corrected chi connectivity index (χ2v) is 3.32. The number of aromatic nitrogens is 1. The lowest BCUT2D eigenvalue weighted by molar-refractivity contribution is 0.425. The minimum absolute atomic E-state index is 0.227. The van der Waals surface area contributed by atoms with Gasteiger partial charge in [-0.2, -0.15) is 0 Å². The van der Waals surface area contributed by atoms with E-state index in [-0.39, 0.29) is 5.59 Å². The lowest BCUT2D eigenvalue weighted by Gasteiger charge is -2.05. The number of pyridine rings is 1. The Morgan fingerprint density at radius 2 is 1.79 bits per heavy atom. The number of hydrogen-bond acceptors (Lipinski definition) is 3. The molecule has 0 aliphatic carbocycles. The van der Waals surface area contributed by atoms with Crippen LogP contribution in [0.5, 0.6) is 0 Å². The normalized spacial score (nSPS) is 10.5. The molecular weight excluding hydrogens is 200 g/mol. The summed E-state index contributed by atoms with van der Waals surface area (Å²) in [6.45, 7) is 0. The first kappa shape index (κ1) is 9.46. The van der Waals surface area contributed by atoms with E-state index in [0.717, 1.165) is 5.39 Å². The van der Waals surface area contributed by atoms with Crippen molar-refractivity contribution in [3.05, 3.63) is 35.5 Å². The predicted molar refractivity (Wildman–Crippen MR) is 56.6 cm³/mol. The topological polar surface area (TPSA) is 53.4 Å². The summed E-state index contributed by atoms with van der Waals surface area (Å²) in [6.07, 6.45) is 1.42. The van der Waals surface area contributed by atoms with Gasteiger partial charge < -0.3 is 10.0 Å². The van der Waals surface area contributed by atoms with Gasteiger partial charge >= 0.3 is 7.12 Å². The minimum Gasteiger partial charge on any atom is -0.422 e. The Bertz CT molecular complexity index is 475. The molecule has 0 saturated carbocycles. The third-order valence-corrected chi connectivity index (χ3v) is 2.32. The number of nitrogens with zero attached hydrogens (tertiary/aromatic N) is 1. The molecule has 0 radical (unpaired) electrons. The van der Waals surface area contributed by atoms with Crippen LogP contribution in [-0.4, -0.2) is 22.2 Å².